The maximum Gasteiger partial charge on any atom is 0.269 e. The Labute approximate surface area is 124 Å². The maximum atomic E-state index is 10.8. The van der Waals surface area contributed by atoms with E-state index in [4.69, 9.17) is 0 Å². The Balaban J connectivity index is 1.75. The molecule has 1 aliphatic rings. The zero-order chi connectivity index (χ0) is 14.8. The van der Waals surface area contributed by atoms with Crippen LogP contribution in [-0.2, 0) is 6.54 Å². The SMILES string of the molecule is Cc1cc([N+](=O)[O-])ccc1NCc1ccccc1C1CC1. The first-order valence-corrected chi connectivity index (χ1v) is 7.22. The first-order valence-electron chi connectivity index (χ1n) is 7.22. The molecule has 1 N–H and O–H groups in total. The number of nitro benzene ring substituents is 1. The Morgan fingerprint density at radius 1 is 1.24 bits per heavy atom. The Morgan fingerprint density at radius 3 is 2.67 bits per heavy atom. The van der Waals surface area contributed by atoms with Gasteiger partial charge in [-0.1, -0.05) is 24.3 Å². The standard InChI is InChI=1S/C17H18N2O2/c1-12-10-15(19(20)21)8-9-17(12)18-11-14-4-2-3-5-16(14)13-6-7-13/h2-5,8-10,13,18H,6-7,11H2,1H3. The van der Waals surface area contributed by atoms with Gasteiger partial charge in [0, 0.05) is 24.4 Å². The summed E-state index contributed by atoms with van der Waals surface area (Å²) in [6.07, 6.45) is 2.57. The van der Waals surface area contributed by atoms with Gasteiger partial charge in [-0.3, -0.25) is 10.1 Å². The number of hydrogen-bond acceptors (Lipinski definition) is 3. The highest BCUT2D eigenvalue weighted by Gasteiger charge is 2.25. The largest absolute Gasteiger partial charge is 0.381 e. The fraction of sp³-hybridized carbons (Fsp3) is 0.294. The van der Waals surface area contributed by atoms with Crippen LogP contribution in [0.25, 0.3) is 0 Å². The summed E-state index contributed by atoms with van der Waals surface area (Å²) in [6, 6.07) is 13.4. The van der Waals surface area contributed by atoms with Gasteiger partial charge in [0.2, 0.25) is 0 Å². The highest BCUT2D eigenvalue weighted by molar-refractivity contribution is 5.55. The number of hydrogen-bond donors (Lipinski definition) is 1. The van der Waals surface area contributed by atoms with E-state index in [0.717, 1.165) is 23.7 Å². The summed E-state index contributed by atoms with van der Waals surface area (Å²) in [5.41, 5.74) is 4.73. The van der Waals surface area contributed by atoms with Crippen molar-refractivity contribution in [2.24, 2.45) is 0 Å². The van der Waals surface area contributed by atoms with Crippen LogP contribution in [0.15, 0.2) is 42.5 Å². The molecule has 0 unspecified atom stereocenters. The van der Waals surface area contributed by atoms with Crippen molar-refractivity contribution < 1.29 is 4.92 Å². The van der Waals surface area contributed by atoms with Crippen molar-refractivity contribution >= 4 is 11.4 Å². The van der Waals surface area contributed by atoms with Gasteiger partial charge in [0.05, 0.1) is 4.92 Å². The molecule has 0 atom stereocenters. The summed E-state index contributed by atoms with van der Waals surface area (Å²) in [4.78, 5) is 10.4. The Hall–Kier alpha value is -2.36. The second-order valence-electron chi connectivity index (χ2n) is 5.58. The molecule has 2 aromatic rings. The van der Waals surface area contributed by atoms with Crippen molar-refractivity contribution in [3.05, 3.63) is 69.3 Å². The van der Waals surface area contributed by atoms with E-state index in [2.05, 4.69) is 29.6 Å². The predicted molar refractivity (Wildman–Crippen MR) is 83.6 cm³/mol. The lowest BCUT2D eigenvalue weighted by atomic mass is 10.0. The third-order valence-electron chi connectivity index (χ3n) is 3.96. The number of rotatable bonds is 5. The molecule has 0 aliphatic heterocycles. The molecule has 0 heterocycles. The molecular formula is C17H18N2O2. The molecule has 0 saturated heterocycles. The van der Waals surface area contributed by atoms with Gasteiger partial charge in [0.1, 0.15) is 0 Å². The highest BCUT2D eigenvalue weighted by Crippen LogP contribution is 2.41. The van der Waals surface area contributed by atoms with Crippen LogP contribution in [0.5, 0.6) is 0 Å². The average Bonchev–Trinajstić information content (AvgIpc) is 3.30. The summed E-state index contributed by atoms with van der Waals surface area (Å²) in [6.45, 7) is 2.65. The molecule has 1 saturated carbocycles. The fourth-order valence-corrected chi connectivity index (χ4v) is 2.64. The van der Waals surface area contributed by atoms with Crippen LogP contribution in [0.4, 0.5) is 11.4 Å². The smallest absolute Gasteiger partial charge is 0.269 e. The minimum Gasteiger partial charge on any atom is -0.381 e. The summed E-state index contributed by atoms with van der Waals surface area (Å²) < 4.78 is 0. The van der Waals surface area contributed by atoms with E-state index >= 15 is 0 Å². The van der Waals surface area contributed by atoms with Crippen molar-refractivity contribution in [3.8, 4) is 0 Å². The predicted octanol–water partition coefficient (Wildman–Crippen LogP) is 4.39. The molecule has 4 heteroatoms. The Kier molecular flexibility index (Phi) is 3.60. The van der Waals surface area contributed by atoms with E-state index in [-0.39, 0.29) is 10.6 Å². The second-order valence-corrected chi connectivity index (χ2v) is 5.58. The number of aryl methyl sites for hydroxylation is 1. The lowest BCUT2D eigenvalue weighted by Crippen LogP contribution is -2.04. The van der Waals surface area contributed by atoms with Crippen molar-refractivity contribution in [3.63, 3.8) is 0 Å². The van der Waals surface area contributed by atoms with E-state index in [1.807, 2.05) is 6.92 Å². The number of non-ortho nitro benzene ring substituents is 1. The minimum atomic E-state index is -0.362. The Morgan fingerprint density at radius 2 is 2.00 bits per heavy atom. The van der Waals surface area contributed by atoms with Crippen molar-refractivity contribution in [1.82, 2.24) is 0 Å². The van der Waals surface area contributed by atoms with Crippen LogP contribution in [0, 0.1) is 17.0 Å². The zero-order valence-electron chi connectivity index (χ0n) is 12.0. The molecule has 0 amide bonds. The van der Waals surface area contributed by atoms with Crippen molar-refractivity contribution in [1.29, 1.82) is 0 Å². The minimum absolute atomic E-state index is 0.136. The topological polar surface area (TPSA) is 55.2 Å². The lowest BCUT2D eigenvalue weighted by Gasteiger charge is -2.12. The van der Waals surface area contributed by atoms with Crippen molar-refractivity contribution in [2.75, 3.05) is 5.32 Å². The van der Waals surface area contributed by atoms with Gasteiger partial charge in [-0.25, -0.2) is 0 Å². The number of benzene rings is 2. The first kappa shape index (κ1) is 13.6. The van der Waals surface area contributed by atoms with Crippen LogP contribution in [0.3, 0.4) is 0 Å². The second kappa shape index (κ2) is 5.56. The number of anilines is 1. The fourth-order valence-electron chi connectivity index (χ4n) is 2.64. The van der Waals surface area contributed by atoms with Gasteiger partial charge in [0.25, 0.3) is 5.69 Å². The molecule has 0 radical (unpaired) electrons. The van der Waals surface area contributed by atoms with Gasteiger partial charge >= 0.3 is 0 Å². The number of nitrogens with one attached hydrogen (secondary N) is 1. The van der Waals surface area contributed by atoms with E-state index in [1.165, 1.54) is 24.0 Å². The quantitative estimate of drug-likeness (QED) is 0.653. The lowest BCUT2D eigenvalue weighted by molar-refractivity contribution is -0.384. The van der Waals surface area contributed by atoms with Crippen LogP contribution in [-0.4, -0.2) is 4.92 Å². The summed E-state index contributed by atoms with van der Waals surface area (Å²) >= 11 is 0. The van der Waals surface area contributed by atoms with E-state index in [1.54, 1.807) is 18.2 Å². The normalized spacial score (nSPS) is 14.0. The molecule has 0 bridgehead atoms. The van der Waals surface area contributed by atoms with Gasteiger partial charge in [-0.2, -0.15) is 0 Å². The first-order chi connectivity index (χ1) is 10.1. The van der Waals surface area contributed by atoms with Crippen LogP contribution >= 0.6 is 0 Å². The van der Waals surface area contributed by atoms with Gasteiger partial charge in [-0.05, 0) is 48.4 Å². The molecule has 4 nitrogen and oxygen atoms in total. The molecule has 1 aliphatic carbocycles. The summed E-state index contributed by atoms with van der Waals surface area (Å²) in [7, 11) is 0. The zero-order valence-corrected chi connectivity index (χ0v) is 12.0. The van der Waals surface area contributed by atoms with Gasteiger partial charge in [0.15, 0.2) is 0 Å². The van der Waals surface area contributed by atoms with Crippen LogP contribution in [0.1, 0.15) is 35.4 Å². The number of nitro groups is 1. The Bertz CT molecular complexity index is 678. The molecular weight excluding hydrogens is 264 g/mol. The van der Waals surface area contributed by atoms with E-state index in [9.17, 15) is 10.1 Å². The molecule has 108 valence electrons. The monoisotopic (exact) mass is 282 g/mol. The molecule has 1 fully saturated rings. The average molecular weight is 282 g/mol. The molecule has 2 aromatic carbocycles. The van der Waals surface area contributed by atoms with Gasteiger partial charge in [-0.15, -0.1) is 0 Å². The molecule has 21 heavy (non-hydrogen) atoms. The highest BCUT2D eigenvalue weighted by atomic mass is 16.6. The van der Waals surface area contributed by atoms with E-state index < -0.39 is 0 Å². The molecule has 0 aromatic heterocycles. The maximum absolute atomic E-state index is 10.8. The third kappa shape index (κ3) is 3.05. The third-order valence-corrected chi connectivity index (χ3v) is 3.96. The summed E-state index contributed by atoms with van der Waals surface area (Å²) in [5.74, 6) is 0.723. The van der Waals surface area contributed by atoms with Gasteiger partial charge < -0.3 is 5.32 Å². The van der Waals surface area contributed by atoms with Crippen LogP contribution in [0.2, 0.25) is 0 Å². The number of nitrogens with zero attached hydrogens (tertiary/aromatic N) is 1. The molecule has 0 spiro atoms. The summed E-state index contributed by atoms with van der Waals surface area (Å²) in [5, 5.41) is 14.2. The molecule has 3 rings (SSSR count). The van der Waals surface area contributed by atoms with Crippen molar-refractivity contribution in [2.45, 2.75) is 32.2 Å². The van der Waals surface area contributed by atoms with E-state index in [0.29, 0.717) is 0 Å². The van der Waals surface area contributed by atoms with Crippen LogP contribution < -0.4 is 5.32 Å².